The van der Waals surface area contributed by atoms with E-state index in [0.29, 0.717) is 13.1 Å². The van der Waals surface area contributed by atoms with Gasteiger partial charge in [0.25, 0.3) is 0 Å². The molecular weight excluding hydrogens is 332 g/mol. The fourth-order valence-corrected chi connectivity index (χ4v) is 2.97. The third-order valence-electron chi connectivity index (χ3n) is 3.36. The third-order valence-corrected chi connectivity index (χ3v) is 4.41. The topological polar surface area (TPSA) is 92.8 Å². The zero-order valence-electron chi connectivity index (χ0n) is 15.1. The first-order chi connectivity index (χ1) is 11.3. The van der Waals surface area contributed by atoms with E-state index >= 15 is 0 Å². The molecule has 0 rings (SSSR count). The highest BCUT2D eigenvalue weighted by atomic mass is 32.2. The number of nitrogens with zero attached hydrogens (tertiary/aromatic N) is 1. The fraction of sp³-hybridized carbons (Fsp3) is 0.750. The second-order valence-electron chi connectivity index (χ2n) is 5.09. The second kappa shape index (κ2) is 11.9. The molecule has 0 bridgehead atoms. The van der Waals surface area contributed by atoms with Gasteiger partial charge in [-0.25, -0.2) is 0 Å². The molecule has 0 aromatic rings. The van der Waals surface area contributed by atoms with Gasteiger partial charge >= 0.3 is 5.97 Å². The summed E-state index contributed by atoms with van der Waals surface area (Å²) in [5.74, 6) is -1.08. The van der Waals surface area contributed by atoms with Crippen LogP contribution in [0.3, 0.4) is 0 Å². The SMILES string of the molecule is CCOC(=O)CC(=O)SC(C)C(NC(=O)CC)C(=O)N(CC)CC. The van der Waals surface area contributed by atoms with Crippen molar-refractivity contribution in [2.24, 2.45) is 0 Å². The molecule has 2 amide bonds. The first-order valence-electron chi connectivity index (χ1n) is 8.23. The molecule has 24 heavy (non-hydrogen) atoms. The van der Waals surface area contributed by atoms with Crippen molar-refractivity contribution >= 4 is 34.7 Å². The van der Waals surface area contributed by atoms with Crippen molar-refractivity contribution in [1.29, 1.82) is 0 Å². The summed E-state index contributed by atoms with van der Waals surface area (Å²) in [6.45, 7) is 9.99. The highest BCUT2D eigenvalue weighted by molar-refractivity contribution is 8.14. The second-order valence-corrected chi connectivity index (χ2v) is 6.52. The molecule has 0 aromatic heterocycles. The van der Waals surface area contributed by atoms with E-state index in [2.05, 4.69) is 5.32 Å². The van der Waals surface area contributed by atoms with Crippen LogP contribution in [-0.4, -0.2) is 58.8 Å². The average Bonchev–Trinajstić information content (AvgIpc) is 2.52. The Bertz CT molecular complexity index is 452. The Morgan fingerprint density at radius 3 is 2.12 bits per heavy atom. The zero-order valence-corrected chi connectivity index (χ0v) is 15.9. The Labute approximate surface area is 147 Å². The summed E-state index contributed by atoms with van der Waals surface area (Å²) in [5.41, 5.74) is 0. The molecule has 1 N–H and O–H groups in total. The molecule has 0 radical (unpaired) electrons. The lowest BCUT2D eigenvalue weighted by Crippen LogP contribution is -2.53. The summed E-state index contributed by atoms with van der Waals surface area (Å²) < 4.78 is 4.74. The quantitative estimate of drug-likeness (QED) is 0.467. The van der Waals surface area contributed by atoms with Gasteiger partial charge in [-0.3, -0.25) is 19.2 Å². The van der Waals surface area contributed by atoms with Gasteiger partial charge in [-0.2, -0.15) is 0 Å². The van der Waals surface area contributed by atoms with Crippen LogP contribution in [0.1, 0.15) is 47.5 Å². The van der Waals surface area contributed by atoms with E-state index in [9.17, 15) is 19.2 Å². The van der Waals surface area contributed by atoms with Crippen LogP contribution >= 0.6 is 11.8 Å². The van der Waals surface area contributed by atoms with E-state index < -0.39 is 17.3 Å². The molecule has 0 aliphatic carbocycles. The summed E-state index contributed by atoms with van der Waals surface area (Å²) in [5, 5.41) is 1.80. The summed E-state index contributed by atoms with van der Waals surface area (Å²) >= 11 is 0.879. The van der Waals surface area contributed by atoms with Crippen LogP contribution in [0, 0.1) is 0 Å². The lowest BCUT2D eigenvalue weighted by atomic mass is 10.1. The number of carbonyl (C=O) groups is 4. The third kappa shape index (κ3) is 7.81. The maximum atomic E-state index is 12.6. The molecule has 0 aromatic carbocycles. The smallest absolute Gasteiger partial charge is 0.314 e. The van der Waals surface area contributed by atoms with Crippen molar-refractivity contribution in [2.75, 3.05) is 19.7 Å². The van der Waals surface area contributed by atoms with Crippen LogP contribution in [0.15, 0.2) is 0 Å². The van der Waals surface area contributed by atoms with Gasteiger partial charge in [0.2, 0.25) is 11.8 Å². The minimum atomic E-state index is -0.812. The van der Waals surface area contributed by atoms with E-state index in [0.717, 1.165) is 11.8 Å². The summed E-state index contributed by atoms with van der Waals surface area (Å²) in [6, 6.07) is -0.812. The highest BCUT2D eigenvalue weighted by Gasteiger charge is 2.31. The molecule has 7 nitrogen and oxygen atoms in total. The van der Waals surface area contributed by atoms with E-state index in [1.54, 1.807) is 25.7 Å². The minimum absolute atomic E-state index is 0.210. The van der Waals surface area contributed by atoms with Crippen molar-refractivity contribution in [3.8, 4) is 0 Å². The Kier molecular flexibility index (Phi) is 11.1. The van der Waals surface area contributed by atoms with Crippen molar-refractivity contribution in [1.82, 2.24) is 10.2 Å². The molecule has 2 atom stereocenters. The number of hydrogen-bond acceptors (Lipinski definition) is 6. The molecule has 0 saturated heterocycles. The maximum Gasteiger partial charge on any atom is 0.314 e. The molecule has 2 unspecified atom stereocenters. The number of rotatable bonds is 10. The Balaban J connectivity index is 4.99. The molecular formula is C16H28N2O5S. The molecule has 0 aliphatic rings. The monoisotopic (exact) mass is 360 g/mol. The van der Waals surface area contributed by atoms with Crippen LogP contribution in [0.5, 0.6) is 0 Å². The Hall–Kier alpha value is -1.57. The van der Waals surface area contributed by atoms with Gasteiger partial charge < -0.3 is 15.0 Å². The number of thioether (sulfide) groups is 1. The molecule has 0 fully saturated rings. The van der Waals surface area contributed by atoms with E-state index in [-0.39, 0.29) is 36.4 Å². The fourth-order valence-electron chi connectivity index (χ4n) is 2.03. The molecule has 0 saturated carbocycles. The minimum Gasteiger partial charge on any atom is -0.466 e. The van der Waals surface area contributed by atoms with Gasteiger partial charge in [0, 0.05) is 24.8 Å². The molecule has 0 spiro atoms. The van der Waals surface area contributed by atoms with Crippen LogP contribution < -0.4 is 5.32 Å². The van der Waals surface area contributed by atoms with Crippen LogP contribution in [-0.2, 0) is 23.9 Å². The van der Waals surface area contributed by atoms with Gasteiger partial charge in [0.15, 0.2) is 5.12 Å². The number of amides is 2. The lowest BCUT2D eigenvalue weighted by molar-refractivity contribution is -0.144. The van der Waals surface area contributed by atoms with Crippen LogP contribution in [0.25, 0.3) is 0 Å². The standard InChI is InChI=1S/C16H28N2O5S/c1-6-12(19)17-15(16(22)18(7-2)8-3)11(5)24-14(21)10-13(20)23-9-4/h11,15H,6-10H2,1-5H3,(H,17,19). The van der Waals surface area contributed by atoms with E-state index in [1.807, 2.05) is 13.8 Å². The van der Waals surface area contributed by atoms with Crippen molar-refractivity contribution in [3.63, 3.8) is 0 Å². The number of hydrogen-bond donors (Lipinski definition) is 1. The summed E-state index contributed by atoms with van der Waals surface area (Å²) in [6.07, 6.45) is -0.104. The highest BCUT2D eigenvalue weighted by Crippen LogP contribution is 2.19. The zero-order chi connectivity index (χ0) is 18.7. The number of ether oxygens (including phenoxy) is 1. The normalized spacial score (nSPS) is 12.9. The molecule has 138 valence electrons. The van der Waals surface area contributed by atoms with Gasteiger partial charge in [-0.05, 0) is 20.8 Å². The van der Waals surface area contributed by atoms with Crippen molar-refractivity contribution in [3.05, 3.63) is 0 Å². The van der Waals surface area contributed by atoms with Gasteiger partial charge in [-0.1, -0.05) is 25.6 Å². The van der Waals surface area contributed by atoms with Crippen LogP contribution in [0.4, 0.5) is 0 Å². The summed E-state index contributed by atoms with van der Waals surface area (Å²) in [7, 11) is 0. The predicted octanol–water partition coefficient (Wildman–Crippen LogP) is 1.35. The first kappa shape index (κ1) is 22.4. The largest absolute Gasteiger partial charge is 0.466 e. The average molecular weight is 360 g/mol. The Morgan fingerprint density at radius 2 is 1.67 bits per heavy atom. The van der Waals surface area contributed by atoms with Crippen molar-refractivity contribution in [2.45, 2.75) is 58.8 Å². The van der Waals surface area contributed by atoms with E-state index in [1.165, 1.54) is 0 Å². The maximum absolute atomic E-state index is 12.6. The van der Waals surface area contributed by atoms with Gasteiger partial charge in [0.1, 0.15) is 12.5 Å². The lowest BCUT2D eigenvalue weighted by Gasteiger charge is -2.29. The first-order valence-corrected chi connectivity index (χ1v) is 9.11. The number of nitrogens with one attached hydrogen (secondary N) is 1. The van der Waals surface area contributed by atoms with Gasteiger partial charge in [0.05, 0.1) is 6.61 Å². The van der Waals surface area contributed by atoms with E-state index in [4.69, 9.17) is 4.74 Å². The number of esters is 1. The molecule has 0 heterocycles. The number of likely N-dealkylation sites (N-methyl/N-ethyl adjacent to an activating group) is 1. The molecule has 8 heteroatoms. The molecule has 0 aliphatic heterocycles. The Morgan fingerprint density at radius 1 is 1.08 bits per heavy atom. The summed E-state index contributed by atoms with van der Waals surface area (Å²) in [4.78, 5) is 49.3. The van der Waals surface area contributed by atoms with Crippen LogP contribution in [0.2, 0.25) is 0 Å². The van der Waals surface area contributed by atoms with Gasteiger partial charge in [-0.15, -0.1) is 0 Å². The number of carbonyl (C=O) groups excluding carboxylic acids is 4. The predicted molar refractivity (Wildman–Crippen MR) is 93.5 cm³/mol. The van der Waals surface area contributed by atoms with Crippen molar-refractivity contribution < 1.29 is 23.9 Å².